The zero-order valence-electron chi connectivity index (χ0n) is 15.7. The highest BCUT2D eigenvalue weighted by Gasteiger charge is 2.36. The van der Waals surface area contributed by atoms with Crippen LogP contribution in [-0.4, -0.2) is 35.1 Å². The SMILES string of the molecule is O=C(COc1ccc2ccc(=O)oc2c1)N1C[C@H]2C[C@@H](C1)c1cccc(=O)n1C2. The molecule has 0 radical (unpaired) electrons. The minimum absolute atomic E-state index is 0.0308. The van der Waals surface area contributed by atoms with E-state index in [1.54, 1.807) is 36.4 Å². The second-order valence-electron chi connectivity index (χ2n) is 7.74. The van der Waals surface area contributed by atoms with E-state index in [2.05, 4.69) is 0 Å². The van der Waals surface area contributed by atoms with Crippen LogP contribution in [0.2, 0.25) is 0 Å². The lowest BCUT2D eigenvalue weighted by molar-refractivity contribution is -0.136. The van der Waals surface area contributed by atoms with Gasteiger partial charge in [0, 0.05) is 54.8 Å². The largest absolute Gasteiger partial charge is 0.484 e. The fourth-order valence-corrected chi connectivity index (χ4v) is 4.47. The average molecular weight is 392 g/mol. The number of carbonyl (C=O) groups is 1. The molecule has 2 bridgehead atoms. The molecule has 0 aliphatic carbocycles. The van der Waals surface area contributed by atoms with Gasteiger partial charge in [0.15, 0.2) is 6.61 Å². The van der Waals surface area contributed by atoms with Crippen molar-refractivity contribution in [3.8, 4) is 5.75 Å². The first-order valence-electron chi connectivity index (χ1n) is 9.71. The highest BCUT2D eigenvalue weighted by Crippen LogP contribution is 2.35. The van der Waals surface area contributed by atoms with Crippen molar-refractivity contribution in [1.29, 1.82) is 0 Å². The molecule has 0 saturated carbocycles. The van der Waals surface area contributed by atoms with Gasteiger partial charge in [0.05, 0.1) is 0 Å². The van der Waals surface area contributed by atoms with Crippen molar-refractivity contribution in [3.05, 3.63) is 75.0 Å². The van der Waals surface area contributed by atoms with Crippen LogP contribution < -0.4 is 15.9 Å². The van der Waals surface area contributed by atoms with Crippen molar-refractivity contribution in [3.63, 3.8) is 0 Å². The summed E-state index contributed by atoms with van der Waals surface area (Å²) in [5, 5.41) is 0.793. The van der Waals surface area contributed by atoms with E-state index in [4.69, 9.17) is 9.15 Å². The van der Waals surface area contributed by atoms with Gasteiger partial charge in [0.2, 0.25) is 0 Å². The van der Waals surface area contributed by atoms with Crippen LogP contribution in [0.4, 0.5) is 0 Å². The molecule has 0 N–H and O–H groups in total. The lowest BCUT2D eigenvalue weighted by Gasteiger charge is -2.42. The first-order chi connectivity index (χ1) is 14.1. The summed E-state index contributed by atoms with van der Waals surface area (Å²) in [5.41, 5.74) is 1.04. The predicted octanol–water partition coefficient (Wildman–Crippen LogP) is 1.98. The molecule has 1 amide bonds. The molecule has 4 heterocycles. The Morgan fingerprint density at radius 3 is 2.83 bits per heavy atom. The van der Waals surface area contributed by atoms with Crippen molar-refractivity contribution >= 4 is 16.9 Å². The Hall–Kier alpha value is -3.35. The second kappa shape index (κ2) is 6.92. The molecule has 148 valence electrons. The van der Waals surface area contributed by atoms with Crippen LogP contribution >= 0.6 is 0 Å². The van der Waals surface area contributed by atoms with E-state index < -0.39 is 5.63 Å². The van der Waals surface area contributed by atoms with E-state index in [1.165, 1.54) is 6.07 Å². The number of fused-ring (bicyclic) bond motifs is 5. The van der Waals surface area contributed by atoms with E-state index in [1.807, 2.05) is 15.5 Å². The monoisotopic (exact) mass is 392 g/mol. The molecule has 0 spiro atoms. The highest BCUT2D eigenvalue weighted by atomic mass is 16.5. The number of piperidine rings is 1. The Kier molecular flexibility index (Phi) is 4.23. The molecule has 2 aliphatic heterocycles. The Morgan fingerprint density at radius 1 is 1.07 bits per heavy atom. The maximum Gasteiger partial charge on any atom is 0.336 e. The molecule has 2 aliphatic rings. The van der Waals surface area contributed by atoms with E-state index in [-0.39, 0.29) is 29.9 Å². The number of likely N-dealkylation sites (tertiary alicyclic amines) is 1. The number of hydrogen-bond donors (Lipinski definition) is 0. The van der Waals surface area contributed by atoms with Crippen molar-refractivity contribution in [2.75, 3.05) is 19.7 Å². The van der Waals surface area contributed by atoms with Crippen molar-refractivity contribution in [2.24, 2.45) is 5.92 Å². The number of aromatic nitrogens is 1. The summed E-state index contributed by atoms with van der Waals surface area (Å²) in [7, 11) is 0. The van der Waals surface area contributed by atoms with Gasteiger partial charge in [0.25, 0.3) is 11.5 Å². The van der Waals surface area contributed by atoms with Crippen LogP contribution in [0.5, 0.6) is 5.75 Å². The summed E-state index contributed by atoms with van der Waals surface area (Å²) in [5.74, 6) is 0.853. The van der Waals surface area contributed by atoms with Gasteiger partial charge in [-0.05, 0) is 36.6 Å². The van der Waals surface area contributed by atoms with Crippen molar-refractivity contribution in [2.45, 2.75) is 18.9 Å². The number of nitrogens with zero attached hydrogens (tertiary/aromatic N) is 2. The fourth-order valence-electron chi connectivity index (χ4n) is 4.47. The molecular weight excluding hydrogens is 372 g/mol. The topological polar surface area (TPSA) is 81.8 Å². The minimum atomic E-state index is -0.426. The zero-order chi connectivity index (χ0) is 20.0. The van der Waals surface area contributed by atoms with E-state index in [9.17, 15) is 14.4 Å². The van der Waals surface area contributed by atoms with Gasteiger partial charge in [-0.2, -0.15) is 0 Å². The summed E-state index contributed by atoms with van der Waals surface area (Å²) in [6.45, 7) is 1.80. The Balaban J connectivity index is 1.29. The third kappa shape index (κ3) is 3.33. The molecule has 29 heavy (non-hydrogen) atoms. The molecule has 0 unspecified atom stereocenters. The molecule has 2 aromatic heterocycles. The van der Waals surface area contributed by atoms with Crippen LogP contribution in [0, 0.1) is 5.92 Å². The summed E-state index contributed by atoms with van der Waals surface area (Å²) < 4.78 is 12.7. The van der Waals surface area contributed by atoms with E-state index in [0.29, 0.717) is 31.0 Å². The number of pyridine rings is 1. The van der Waals surface area contributed by atoms with Crippen molar-refractivity contribution in [1.82, 2.24) is 9.47 Å². The van der Waals surface area contributed by atoms with Gasteiger partial charge in [0.1, 0.15) is 11.3 Å². The summed E-state index contributed by atoms with van der Waals surface area (Å²) >= 11 is 0. The first kappa shape index (κ1) is 17.7. The minimum Gasteiger partial charge on any atom is -0.484 e. The molecule has 5 rings (SSSR count). The highest BCUT2D eigenvalue weighted by molar-refractivity contribution is 5.79. The van der Waals surface area contributed by atoms with Crippen LogP contribution in [0.3, 0.4) is 0 Å². The maximum atomic E-state index is 12.8. The molecule has 7 heteroatoms. The number of hydrogen-bond acceptors (Lipinski definition) is 5. The predicted molar refractivity (Wildman–Crippen MR) is 106 cm³/mol. The van der Waals surface area contributed by atoms with Crippen molar-refractivity contribution < 1.29 is 13.9 Å². The molecule has 7 nitrogen and oxygen atoms in total. The lowest BCUT2D eigenvalue weighted by Crippen LogP contribution is -2.50. The van der Waals surface area contributed by atoms with Gasteiger partial charge < -0.3 is 18.6 Å². The van der Waals surface area contributed by atoms with Gasteiger partial charge in [-0.25, -0.2) is 4.79 Å². The Labute approximate surface area is 166 Å². The Bertz CT molecular complexity index is 1210. The molecular formula is C22H20N2O5. The number of ether oxygens (including phenoxy) is 1. The van der Waals surface area contributed by atoms with Gasteiger partial charge in [-0.1, -0.05) is 6.07 Å². The second-order valence-corrected chi connectivity index (χ2v) is 7.74. The van der Waals surface area contributed by atoms with Gasteiger partial charge in [-0.15, -0.1) is 0 Å². The summed E-state index contributed by atoms with van der Waals surface area (Å²) in [4.78, 5) is 38.1. The first-order valence-corrected chi connectivity index (χ1v) is 9.71. The zero-order valence-corrected chi connectivity index (χ0v) is 15.7. The number of carbonyl (C=O) groups excluding carboxylic acids is 1. The van der Waals surface area contributed by atoms with Crippen LogP contribution in [-0.2, 0) is 11.3 Å². The molecule has 1 saturated heterocycles. The quantitative estimate of drug-likeness (QED) is 0.637. The number of rotatable bonds is 3. The summed E-state index contributed by atoms with van der Waals surface area (Å²) in [6.07, 6.45) is 0.998. The number of benzene rings is 1. The van der Waals surface area contributed by atoms with Crippen LogP contribution in [0.25, 0.3) is 11.0 Å². The third-order valence-corrected chi connectivity index (χ3v) is 5.79. The molecule has 3 aromatic rings. The molecule has 2 atom stereocenters. The van der Waals surface area contributed by atoms with Crippen LogP contribution in [0.15, 0.2) is 62.5 Å². The Morgan fingerprint density at radius 2 is 1.93 bits per heavy atom. The maximum absolute atomic E-state index is 12.8. The van der Waals surface area contributed by atoms with Gasteiger partial charge in [-0.3, -0.25) is 9.59 Å². The summed E-state index contributed by atoms with van der Waals surface area (Å²) in [6, 6.07) is 13.6. The number of amides is 1. The van der Waals surface area contributed by atoms with E-state index in [0.717, 1.165) is 17.5 Å². The smallest absolute Gasteiger partial charge is 0.336 e. The normalized spacial score (nSPS) is 20.3. The molecule has 1 aromatic carbocycles. The molecule has 1 fully saturated rings. The van der Waals surface area contributed by atoms with E-state index >= 15 is 0 Å². The third-order valence-electron chi connectivity index (χ3n) is 5.79. The van der Waals surface area contributed by atoms with Crippen LogP contribution in [0.1, 0.15) is 18.0 Å². The average Bonchev–Trinajstić information content (AvgIpc) is 2.72. The van der Waals surface area contributed by atoms with Gasteiger partial charge >= 0.3 is 5.63 Å². The standard InChI is InChI=1S/C22H20N2O5/c25-20-3-1-2-18-16-8-14(11-24(18)20)10-23(12-16)21(26)13-28-17-6-4-15-5-7-22(27)29-19(15)9-17/h1-7,9,14,16H,8,10-13H2/t14-,16+/m1/s1. The lowest BCUT2D eigenvalue weighted by atomic mass is 9.83. The fraction of sp³-hybridized carbons (Fsp3) is 0.318.